The van der Waals surface area contributed by atoms with E-state index >= 15 is 0 Å². The van der Waals surface area contributed by atoms with Crippen LogP contribution in [0, 0.1) is 0 Å². The van der Waals surface area contributed by atoms with Crippen molar-refractivity contribution >= 4 is 11.8 Å². The van der Waals surface area contributed by atoms with Gasteiger partial charge in [-0.2, -0.15) is 4.98 Å². The molecule has 16 heavy (non-hydrogen) atoms. The van der Waals surface area contributed by atoms with Crippen molar-refractivity contribution in [2.75, 3.05) is 29.9 Å². The second-order valence-electron chi connectivity index (χ2n) is 4.16. The largest absolute Gasteiger partial charge is 0.355 e. The van der Waals surface area contributed by atoms with E-state index in [4.69, 9.17) is 5.73 Å². The van der Waals surface area contributed by atoms with Crippen molar-refractivity contribution in [1.29, 1.82) is 0 Å². The summed E-state index contributed by atoms with van der Waals surface area (Å²) in [6, 6.07) is 2.22. The van der Waals surface area contributed by atoms with Gasteiger partial charge in [0.2, 0.25) is 5.95 Å². The molecule has 1 aliphatic heterocycles. The fraction of sp³-hybridized carbons (Fsp3) is 0.636. The molecule has 3 N–H and O–H groups in total. The lowest BCUT2D eigenvalue weighted by Crippen LogP contribution is -2.27. The van der Waals surface area contributed by atoms with Crippen LogP contribution >= 0.6 is 0 Å². The maximum absolute atomic E-state index is 5.88. The quantitative estimate of drug-likeness (QED) is 0.788. The SMILES string of the molecule is CCCNc1nccc(N2CC[C@@H](N)C2)n1. The highest BCUT2D eigenvalue weighted by Gasteiger charge is 2.20. The lowest BCUT2D eigenvalue weighted by molar-refractivity contribution is 0.751. The molecule has 5 nitrogen and oxygen atoms in total. The molecule has 5 heteroatoms. The van der Waals surface area contributed by atoms with Crippen LogP contribution in [0.5, 0.6) is 0 Å². The number of anilines is 2. The zero-order chi connectivity index (χ0) is 11.4. The molecule has 0 amide bonds. The third kappa shape index (κ3) is 2.61. The summed E-state index contributed by atoms with van der Waals surface area (Å²) in [6.07, 6.45) is 3.91. The summed E-state index contributed by atoms with van der Waals surface area (Å²) in [4.78, 5) is 10.9. The normalized spacial score (nSPS) is 20.1. The molecule has 0 aromatic carbocycles. The summed E-state index contributed by atoms with van der Waals surface area (Å²) >= 11 is 0. The molecule has 1 aliphatic rings. The topological polar surface area (TPSA) is 67.1 Å². The summed E-state index contributed by atoms with van der Waals surface area (Å²) in [5, 5.41) is 3.19. The van der Waals surface area contributed by atoms with Crippen molar-refractivity contribution in [2.45, 2.75) is 25.8 Å². The van der Waals surface area contributed by atoms with Crippen molar-refractivity contribution < 1.29 is 0 Å². The summed E-state index contributed by atoms with van der Waals surface area (Å²) in [5.74, 6) is 1.68. The lowest BCUT2D eigenvalue weighted by Gasteiger charge is -2.17. The van der Waals surface area contributed by atoms with Gasteiger partial charge in [-0.3, -0.25) is 0 Å². The average Bonchev–Trinajstić information content (AvgIpc) is 2.74. The van der Waals surface area contributed by atoms with E-state index < -0.39 is 0 Å². The van der Waals surface area contributed by atoms with Crippen molar-refractivity contribution in [2.24, 2.45) is 5.73 Å². The van der Waals surface area contributed by atoms with E-state index in [1.165, 1.54) is 0 Å². The van der Waals surface area contributed by atoms with Crippen LogP contribution in [-0.4, -0.2) is 35.6 Å². The van der Waals surface area contributed by atoms with E-state index in [9.17, 15) is 0 Å². The van der Waals surface area contributed by atoms with E-state index in [0.717, 1.165) is 38.3 Å². The average molecular weight is 221 g/mol. The summed E-state index contributed by atoms with van der Waals surface area (Å²) in [6.45, 7) is 4.91. The van der Waals surface area contributed by atoms with Gasteiger partial charge < -0.3 is 16.0 Å². The van der Waals surface area contributed by atoms with Gasteiger partial charge in [-0.1, -0.05) is 6.92 Å². The maximum atomic E-state index is 5.88. The molecule has 1 fully saturated rings. The Morgan fingerprint density at radius 3 is 3.19 bits per heavy atom. The number of aromatic nitrogens is 2. The van der Waals surface area contributed by atoms with Gasteiger partial charge in [0.05, 0.1) is 0 Å². The molecule has 88 valence electrons. The molecule has 1 atom stereocenters. The first-order chi connectivity index (χ1) is 7.79. The Bertz CT molecular complexity index is 341. The summed E-state index contributed by atoms with van der Waals surface area (Å²) < 4.78 is 0. The molecular weight excluding hydrogens is 202 g/mol. The summed E-state index contributed by atoms with van der Waals surface area (Å²) in [5.41, 5.74) is 5.88. The van der Waals surface area contributed by atoms with Crippen molar-refractivity contribution in [3.05, 3.63) is 12.3 Å². The van der Waals surface area contributed by atoms with Gasteiger partial charge in [-0.05, 0) is 18.9 Å². The Hall–Kier alpha value is -1.36. The van der Waals surface area contributed by atoms with E-state index in [0.29, 0.717) is 5.95 Å². The second-order valence-corrected chi connectivity index (χ2v) is 4.16. The standard InChI is InChI=1S/C11H19N5/c1-2-5-13-11-14-6-3-10(15-11)16-7-4-9(12)8-16/h3,6,9H,2,4-5,7-8,12H2,1H3,(H,13,14,15)/t9-/m1/s1. The van der Waals surface area contributed by atoms with E-state index in [2.05, 4.69) is 27.1 Å². The fourth-order valence-corrected chi connectivity index (χ4v) is 1.84. The van der Waals surface area contributed by atoms with Crippen LogP contribution < -0.4 is 16.0 Å². The number of nitrogens with one attached hydrogen (secondary N) is 1. The molecule has 0 bridgehead atoms. The number of nitrogens with two attached hydrogens (primary N) is 1. The van der Waals surface area contributed by atoms with Crippen molar-refractivity contribution in [1.82, 2.24) is 9.97 Å². The molecule has 0 radical (unpaired) electrons. The number of nitrogens with zero attached hydrogens (tertiary/aromatic N) is 3. The van der Waals surface area contributed by atoms with Crippen LogP contribution in [0.25, 0.3) is 0 Å². The highest BCUT2D eigenvalue weighted by Crippen LogP contribution is 2.17. The minimum Gasteiger partial charge on any atom is -0.355 e. The highest BCUT2D eigenvalue weighted by molar-refractivity contribution is 5.43. The van der Waals surface area contributed by atoms with Crippen molar-refractivity contribution in [3.8, 4) is 0 Å². The first-order valence-electron chi connectivity index (χ1n) is 5.87. The fourth-order valence-electron chi connectivity index (χ4n) is 1.84. The predicted molar refractivity (Wildman–Crippen MR) is 65.6 cm³/mol. The molecule has 2 rings (SSSR count). The Kier molecular flexibility index (Phi) is 3.56. The zero-order valence-electron chi connectivity index (χ0n) is 9.69. The Labute approximate surface area is 96.1 Å². The number of rotatable bonds is 4. The Morgan fingerprint density at radius 1 is 1.62 bits per heavy atom. The first-order valence-corrected chi connectivity index (χ1v) is 5.87. The molecule has 2 heterocycles. The molecule has 0 unspecified atom stereocenters. The number of hydrogen-bond acceptors (Lipinski definition) is 5. The third-order valence-corrected chi connectivity index (χ3v) is 2.72. The first kappa shape index (κ1) is 11.1. The molecule has 0 saturated carbocycles. The monoisotopic (exact) mass is 221 g/mol. The Balaban J connectivity index is 2.04. The smallest absolute Gasteiger partial charge is 0.224 e. The van der Waals surface area contributed by atoms with Gasteiger partial charge in [0.25, 0.3) is 0 Å². The molecule has 1 aromatic rings. The summed E-state index contributed by atoms with van der Waals surface area (Å²) in [7, 11) is 0. The predicted octanol–water partition coefficient (Wildman–Crippen LogP) is 0.836. The van der Waals surface area contributed by atoms with Crippen LogP contribution in [0.1, 0.15) is 19.8 Å². The van der Waals surface area contributed by atoms with Gasteiger partial charge in [0.1, 0.15) is 5.82 Å². The maximum Gasteiger partial charge on any atom is 0.224 e. The minimum atomic E-state index is 0.280. The second kappa shape index (κ2) is 5.12. The van der Waals surface area contributed by atoms with Gasteiger partial charge in [0, 0.05) is 31.9 Å². The minimum absolute atomic E-state index is 0.280. The van der Waals surface area contributed by atoms with Crippen LogP contribution in [0.15, 0.2) is 12.3 Å². The van der Waals surface area contributed by atoms with Gasteiger partial charge in [-0.15, -0.1) is 0 Å². The van der Waals surface area contributed by atoms with Crippen molar-refractivity contribution in [3.63, 3.8) is 0 Å². The molecular formula is C11H19N5. The van der Waals surface area contributed by atoms with Crippen LogP contribution in [0.3, 0.4) is 0 Å². The lowest BCUT2D eigenvalue weighted by atomic mass is 10.3. The van der Waals surface area contributed by atoms with Gasteiger partial charge in [0.15, 0.2) is 0 Å². The highest BCUT2D eigenvalue weighted by atomic mass is 15.2. The van der Waals surface area contributed by atoms with Crippen LogP contribution in [0.2, 0.25) is 0 Å². The third-order valence-electron chi connectivity index (χ3n) is 2.72. The number of hydrogen-bond donors (Lipinski definition) is 2. The van der Waals surface area contributed by atoms with E-state index in [1.807, 2.05) is 6.07 Å². The molecule has 0 spiro atoms. The van der Waals surface area contributed by atoms with E-state index in [-0.39, 0.29) is 6.04 Å². The molecule has 1 saturated heterocycles. The molecule has 1 aromatic heterocycles. The van der Waals surface area contributed by atoms with Crippen LogP contribution in [-0.2, 0) is 0 Å². The Morgan fingerprint density at radius 2 is 2.50 bits per heavy atom. The molecule has 0 aliphatic carbocycles. The van der Waals surface area contributed by atoms with E-state index in [1.54, 1.807) is 6.20 Å². The van der Waals surface area contributed by atoms with Gasteiger partial charge >= 0.3 is 0 Å². The zero-order valence-corrected chi connectivity index (χ0v) is 9.69. The van der Waals surface area contributed by atoms with Gasteiger partial charge in [-0.25, -0.2) is 4.98 Å². The van der Waals surface area contributed by atoms with Crippen LogP contribution in [0.4, 0.5) is 11.8 Å².